The molecule has 3 heterocycles. The number of aryl methyl sites for hydroxylation is 2. The average Bonchev–Trinajstić information content (AvgIpc) is 3.24. The molecule has 1 fully saturated rings. The second-order valence-electron chi connectivity index (χ2n) is 9.98. The summed E-state index contributed by atoms with van der Waals surface area (Å²) in [6.45, 7) is 12.8. The fourth-order valence-corrected chi connectivity index (χ4v) is 4.81. The summed E-state index contributed by atoms with van der Waals surface area (Å²) < 4.78 is 10.3. The van der Waals surface area contributed by atoms with E-state index in [9.17, 15) is 14.7 Å². The van der Waals surface area contributed by atoms with Gasteiger partial charge in [-0.15, -0.1) is 0 Å². The third-order valence-electron chi connectivity index (χ3n) is 7.05. The number of anilines is 1. The van der Waals surface area contributed by atoms with E-state index in [0.717, 1.165) is 54.2 Å². The van der Waals surface area contributed by atoms with Gasteiger partial charge in [-0.2, -0.15) is 4.98 Å². The molecule has 0 spiro atoms. The molecule has 4 rings (SSSR count). The van der Waals surface area contributed by atoms with Crippen molar-refractivity contribution >= 4 is 17.1 Å². The number of aromatic nitrogens is 4. The van der Waals surface area contributed by atoms with Gasteiger partial charge in [0.15, 0.2) is 11.2 Å². The highest BCUT2D eigenvalue weighted by molar-refractivity contribution is 5.74. The molecule has 1 atom stereocenters. The summed E-state index contributed by atoms with van der Waals surface area (Å²) in [5.41, 5.74) is 1.95. The third kappa shape index (κ3) is 4.92. The van der Waals surface area contributed by atoms with Crippen molar-refractivity contribution in [2.75, 3.05) is 44.2 Å². The fourth-order valence-electron chi connectivity index (χ4n) is 4.81. The molecular weight excluding hydrogens is 460 g/mol. The van der Waals surface area contributed by atoms with E-state index in [4.69, 9.17) is 9.72 Å². The van der Waals surface area contributed by atoms with Crippen LogP contribution >= 0.6 is 0 Å². The predicted molar refractivity (Wildman–Crippen MR) is 141 cm³/mol. The number of aliphatic hydroxyl groups excluding tert-OH is 1. The molecule has 10 heteroatoms. The van der Waals surface area contributed by atoms with Crippen molar-refractivity contribution in [3.8, 4) is 5.75 Å². The molecular formula is C26H38N6O4. The monoisotopic (exact) mass is 498 g/mol. The fraction of sp³-hybridized carbons (Fsp3) is 0.577. The Labute approximate surface area is 211 Å². The molecule has 1 saturated heterocycles. The summed E-state index contributed by atoms with van der Waals surface area (Å²) in [4.78, 5) is 35.0. The lowest BCUT2D eigenvalue weighted by molar-refractivity contribution is 0.0928. The predicted octanol–water partition coefficient (Wildman–Crippen LogP) is 1.45. The lowest BCUT2D eigenvalue weighted by atomic mass is 10.0. The molecule has 1 aliphatic rings. The molecule has 36 heavy (non-hydrogen) atoms. The van der Waals surface area contributed by atoms with Gasteiger partial charge in [-0.25, -0.2) is 4.79 Å². The molecule has 0 radical (unpaired) electrons. The molecule has 0 amide bonds. The van der Waals surface area contributed by atoms with Gasteiger partial charge < -0.3 is 24.2 Å². The molecule has 0 unspecified atom stereocenters. The number of benzene rings is 1. The molecule has 2 aromatic heterocycles. The van der Waals surface area contributed by atoms with Gasteiger partial charge in [-0.05, 0) is 36.6 Å². The maximum atomic E-state index is 13.2. The zero-order valence-electron chi connectivity index (χ0n) is 22.2. The Morgan fingerprint density at radius 1 is 1.08 bits per heavy atom. The van der Waals surface area contributed by atoms with Crippen LogP contribution < -0.4 is 20.9 Å². The van der Waals surface area contributed by atoms with Crippen molar-refractivity contribution in [2.24, 2.45) is 14.1 Å². The number of ether oxygens (including phenoxy) is 1. The van der Waals surface area contributed by atoms with Crippen LogP contribution in [0.5, 0.6) is 5.75 Å². The lowest BCUT2D eigenvalue weighted by Gasteiger charge is -2.35. The van der Waals surface area contributed by atoms with Crippen LogP contribution in [0.1, 0.15) is 37.8 Å². The third-order valence-corrected chi connectivity index (χ3v) is 7.05. The van der Waals surface area contributed by atoms with Crippen molar-refractivity contribution in [2.45, 2.75) is 46.3 Å². The van der Waals surface area contributed by atoms with Gasteiger partial charge in [0.25, 0.3) is 5.56 Å². The van der Waals surface area contributed by atoms with Crippen LogP contribution in [0.2, 0.25) is 0 Å². The van der Waals surface area contributed by atoms with E-state index in [1.54, 1.807) is 11.6 Å². The number of nitrogens with zero attached hydrogens (tertiary/aromatic N) is 6. The quantitative estimate of drug-likeness (QED) is 0.502. The number of aliphatic hydroxyl groups is 1. The van der Waals surface area contributed by atoms with E-state index in [1.165, 1.54) is 11.6 Å². The molecule has 3 aromatic rings. The summed E-state index contributed by atoms with van der Waals surface area (Å²) in [5.74, 6) is 1.64. The zero-order chi connectivity index (χ0) is 26.1. The van der Waals surface area contributed by atoms with Crippen LogP contribution in [0.3, 0.4) is 0 Å². The van der Waals surface area contributed by atoms with Crippen molar-refractivity contribution in [1.82, 2.24) is 23.6 Å². The highest BCUT2D eigenvalue weighted by Gasteiger charge is 2.26. The first-order chi connectivity index (χ1) is 17.1. The molecule has 0 bridgehead atoms. The minimum absolute atomic E-state index is 0.0674. The standard InChI is InChI=1S/C26H38N6O4/c1-7-30-10-12-31(13-11-30)25-27-23-22(24(34)29(6)26(35)28(23)5)32(25)15-19(33)16-36-21-14-18(4)8-9-20(21)17(2)3/h8-9,14,17,19,33H,7,10-13,15-16H2,1-6H3/t19-/m0/s1. The van der Waals surface area contributed by atoms with Gasteiger partial charge in [-0.1, -0.05) is 32.9 Å². The minimum atomic E-state index is -0.888. The largest absolute Gasteiger partial charge is 0.491 e. The first-order valence-corrected chi connectivity index (χ1v) is 12.7. The van der Waals surface area contributed by atoms with E-state index >= 15 is 0 Å². The minimum Gasteiger partial charge on any atom is -0.491 e. The Morgan fingerprint density at radius 2 is 1.78 bits per heavy atom. The number of piperazine rings is 1. The molecule has 10 nitrogen and oxygen atoms in total. The molecule has 1 N–H and O–H groups in total. The maximum absolute atomic E-state index is 13.2. The topological polar surface area (TPSA) is 97.8 Å². The normalized spacial score (nSPS) is 15.7. The van der Waals surface area contributed by atoms with Crippen molar-refractivity contribution < 1.29 is 9.84 Å². The summed E-state index contributed by atoms with van der Waals surface area (Å²) >= 11 is 0. The molecule has 1 aromatic carbocycles. The zero-order valence-corrected chi connectivity index (χ0v) is 22.2. The van der Waals surface area contributed by atoms with Crippen LogP contribution in [-0.2, 0) is 20.6 Å². The Balaban J connectivity index is 1.67. The second-order valence-corrected chi connectivity index (χ2v) is 9.98. The summed E-state index contributed by atoms with van der Waals surface area (Å²) in [6.07, 6.45) is -0.888. The van der Waals surface area contributed by atoms with Crippen molar-refractivity contribution in [3.63, 3.8) is 0 Å². The van der Waals surface area contributed by atoms with Crippen LogP contribution in [0.15, 0.2) is 27.8 Å². The van der Waals surface area contributed by atoms with Crippen LogP contribution in [-0.4, -0.2) is 74.1 Å². The number of rotatable bonds is 8. The highest BCUT2D eigenvalue weighted by Crippen LogP contribution is 2.28. The number of fused-ring (bicyclic) bond motifs is 1. The van der Waals surface area contributed by atoms with E-state index in [1.807, 2.05) is 13.0 Å². The average molecular weight is 499 g/mol. The van der Waals surface area contributed by atoms with Gasteiger partial charge in [0, 0.05) is 40.3 Å². The van der Waals surface area contributed by atoms with Crippen LogP contribution in [0.25, 0.3) is 11.2 Å². The molecule has 0 aliphatic carbocycles. The second kappa shape index (κ2) is 10.5. The summed E-state index contributed by atoms with van der Waals surface area (Å²) in [5, 5.41) is 11.0. The Bertz CT molecular complexity index is 1350. The van der Waals surface area contributed by atoms with Gasteiger partial charge in [-0.3, -0.25) is 13.9 Å². The first kappa shape index (κ1) is 26.0. The molecule has 1 aliphatic heterocycles. The maximum Gasteiger partial charge on any atom is 0.332 e. The Morgan fingerprint density at radius 3 is 2.42 bits per heavy atom. The lowest BCUT2D eigenvalue weighted by Crippen LogP contribution is -2.47. The Hall–Kier alpha value is -3.11. The number of imidazole rings is 1. The molecule has 0 saturated carbocycles. The van der Waals surface area contributed by atoms with E-state index < -0.39 is 17.4 Å². The Kier molecular flexibility index (Phi) is 7.56. The SMILES string of the molecule is CCN1CCN(c2nc3c(c(=O)n(C)c(=O)n3C)n2C[C@H](O)COc2cc(C)ccc2C(C)C)CC1. The van der Waals surface area contributed by atoms with Crippen molar-refractivity contribution in [1.29, 1.82) is 0 Å². The number of hydrogen-bond acceptors (Lipinski definition) is 7. The van der Waals surface area contributed by atoms with E-state index in [0.29, 0.717) is 17.1 Å². The summed E-state index contributed by atoms with van der Waals surface area (Å²) in [6, 6.07) is 6.10. The summed E-state index contributed by atoms with van der Waals surface area (Å²) in [7, 11) is 3.08. The van der Waals surface area contributed by atoms with Gasteiger partial charge >= 0.3 is 5.69 Å². The number of likely N-dealkylation sites (N-methyl/N-ethyl adjacent to an activating group) is 1. The van der Waals surface area contributed by atoms with E-state index in [2.05, 4.69) is 42.7 Å². The van der Waals surface area contributed by atoms with Crippen LogP contribution in [0, 0.1) is 6.92 Å². The smallest absolute Gasteiger partial charge is 0.332 e. The van der Waals surface area contributed by atoms with E-state index in [-0.39, 0.29) is 19.1 Å². The molecule has 196 valence electrons. The van der Waals surface area contributed by atoms with Gasteiger partial charge in [0.2, 0.25) is 5.95 Å². The van der Waals surface area contributed by atoms with Gasteiger partial charge in [0.05, 0.1) is 6.54 Å². The first-order valence-electron chi connectivity index (χ1n) is 12.7. The van der Waals surface area contributed by atoms with Crippen molar-refractivity contribution in [3.05, 3.63) is 50.2 Å². The highest BCUT2D eigenvalue weighted by atomic mass is 16.5. The van der Waals surface area contributed by atoms with Gasteiger partial charge in [0.1, 0.15) is 18.5 Å². The van der Waals surface area contributed by atoms with Crippen LogP contribution in [0.4, 0.5) is 5.95 Å². The number of hydrogen-bond donors (Lipinski definition) is 1.